The Morgan fingerprint density at radius 1 is 0.958 bits per heavy atom. The molecular formula is C18H13F2IrN2O-. The number of hydrogen-bond donors (Lipinski definition) is 1. The number of rotatable bonds is 4. The van der Waals surface area contributed by atoms with E-state index in [-0.39, 0.29) is 32.5 Å². The third kappa shape index (κ3) is 4.03. The number of pyridine rings is 1. The Morgan fingerprint density at radius 2 is 1.67 bits per heavy atom. The van der Waals surface area contributed by atoms with Crippen molar-refractivity contribution in [1.82, 2.24) is 4.98 Å². The van der Waals surface area contributed by atoms with Crippen molar-refractivity contribution in [2.45, 2.75) is 6.61 Å². The molecule has 0 aliphatic heterocycles. The molecular weight excluding hydrogens is 490 g/mol. The van der Waals surface area contributed by atoms with Crippen molar-refractivity contribution in [3.8, 4) is 0 Å². The Balaban J connectivity index is 0.00000208. The van der Waals surface area contributed by atoms with Gasteiger partial charge in [-0.15, -0.1) is 18.2 Å². The van der Waals surface area contributed by atoms with Crippen LogP contribution in [0.15, 0.2) is 60.7 Å². The Bertz CT molecular complexity index is 749. The van der Waals surface area contributed by atoms with Crippen molar-refractivity contribution >= 4 is 17.2 Å². The molecule has 1 N–H and O–H groups in total. The van der Waals surface area contributed by atoms with Crippen LogP contribution in [0.1, 0.15) is 5.69 Å². The Morgan fingerprint density at radius 3 is 2.29 bits per heavy atom. The summed E-state index contributed by atoms with van der Waals surface area (Å²) in [6, 6.07) is 18.0. The number of halogens is 2. The summed E-state index contributed by atoms with van der Waals surface area (Å²) in [7, 11) is 0. The molecule has 0 aliphatic rings. The number of anilines is 3. The summed E-state index contributed by atoms with van der Waals surface area (Å²) >= 11 is 0. The molecule has 0 fully saturated rings. The number of aromatic nitrogens is 1. The maximum absolute atomic E-state index is 13.2. The number of nitrogens with zero attached hydrogens (tertiary/aromatic N) is 2. The van der Waals surface area contributed by atoms with Crippen LogP contribution in [0.25, 0.3) is 0 Å². The summed E-state index contributed by atoms with van der Waals surface area (Å²) in [5.74, 6) is -0.232. The second kappa shape index (κ2) is 8.11. The van der Waals surface area contributed by atoms with Gasteiger partial charge in [0.15, 0.2) is 0 Å². The standard InChI is InChI=1S/C18H13F2N2O.Ir/c19-13-4-8-16(9-5-13)22(17-10-6-14(20)7-11-17)18-3-1-2-15(12-23)21-18;/h1-10,23H,12H2;/q-1;. The molecule has 0 aliphatic carbocycles. The van der Waals surface area contributed by atoms with Gasteiger partial charge >= 0.3 is 0 Å². The van der Waals surface area contributed by atoms with Gasteiger partial charge < -0.3 is 10.0 Å². The van der Waals surface area contributed by atoms with Gasteiger partial charge in [-0.05, 0) is 36.4 Å². The van der Waals surface area contributed by atoms with Crippen LogP contribution >= 0.6 is 0 Å². The van der Waals surface area contributed by atoms with Crippen LogP contribution in [-0.2, 0) is 26.7 Å². The van der Waals surface area contributed by atoms with Gasteiger partial charge in [-0.25, -0.2) is 9.37 Å². The molecule has 1 aromatic heterocycles. The molecule has 0 saturated carbocycles. The molecule has 0 saturated heterocycles. The number of benzene rings is 2. The Hall–Kier alpha value is -2.14. The minimum absolute atomic E-state index is 0. The van der Waals surface area contributed by atoms with Crippen LogP contribution in [0.5, 0.6) is 0 Å². The first-order valence-electron chi connectivity index (χ1n) is 6.97. The zero-order chi connectivity index (χ0) is 16.2. The molecule has 0 unspecified atom stereocenters. The molecule has 3 rings (SSSR count). The predicted molar refractivity (Wildman–Crippen MR) is 83.6 cm³/mol. The van der Waals surface area contributed by atoms with E-state index in [4.69, 9.17) is 0 Å². The summed E-state index contributed by atoms with van der Waals surface area (Å²) < 4.78 is 26.4. The molecule has 2 aromatic carbocycles. The third-order valence-electron chi connectivity index (χ3n) is 3.27. The van der Waals surface area contributed by atoms with E-state index in [1.807, 2.05) is 0 Å². The monoisotopic (exact) mass is 504 g/mol. The summed E-state index contributed by atoms with van der Waals surface area (Å²) in [6.07, 6.45) is 0. The van der Waals surface area contributed by atoms with Gasteiger partial charge in [0.05, 0.1) is 12.3 Å². The van der Waals surface area contributed by atoms with E-state index in [0.29, 0.717) is 22.9 Å². The molecule has 1 radical (unpaired) electrons. The van der Waals surface area contributed by atoms with E-state index >= 15 is 0 Å². The van der Waals surface area contributed by atoms with Crippen LogP contribution in [0.2, 0.25) is 0 Å². The Labute approximate surface area is 151 Å². The van der Waals surface area contributed by atoms with Gasteiger partial charge in [0.2, 0.25) is 0 Å². The molecule has 0 atom stereocenters. The van der Waals surface area contributed by atoms with Gasteiger partial charge in [-0.3, -0.25) is 4.39 Å². The minimum Gasteiger partial charge on any atom is -0.390 e. The largest absolute Gasteiger partial charge is 0.390 e. The van der Waals surface area contributed by atoms with Crippen LogP contribution in [-0.4, -0.2) is 10.1 Å². The smallest absolute Gasteiger partial charge is 0.136 e. The first-order valence-corrected chi connectivity index (χ1v) is 6.97. The first kappa shape index (κ1) is 18.2. The molecule has 0 spiro atoms. The number of aliphatic hydroxyl groups excluding tert-OH is 1. The van der Waals surface area contributed by atoms with Gasteiger partial charge in [-0.2, -0.15) is 6.07 Å². The topological polar surface area (TPSA) is 36.4 Å². The third-order valence-corrected chi connectivity index (χ3v) is 3.27. The van der Waals surface area contributed by atoms with Crippen LogP contribution in [0.4, 0.5) is 26.0 Å². The second-order valence-corrected chi connectivity index (χ2v) is 4.85. The van der Waals surface area contributed by atoms with Crippen molar-refractivity contribution in [1.29, 1.82) is 0 Å². The zero-order valence-corrected chi connectivity index (χ0v) is 14.8. The quantitative estimate of drug-likeness (QED) is 0.545. The predicted octanol–water partition coefficient (Wildman–Crippen LogP) is 4.12. The average molecular weight is 504 g/mol. The van der Waals surface area contributed by atoms with Crippen LogP contribution < -0.4 is 4.90 Å². The minimum atomic E-state index is -0.398. The summed E-state index contributed by atoms with van der Waals surface area (Å²) in [5, 5.41) is 9.27. The average Bonchev–Trinajstić information content (AvgIpc) is 2.59. The maximum atomic E-state index is 13.2. The molecule has 6 heteroatoms. The molecule has 0 amide bonds. The first-order chi connectivity index (χ1) is 11.2. The molecule has 3 aromatic rings. The van der Waals surface area contributed by atoms with Gasteiger partial charge in [0.1, 0.15) is 11.6 Å². The van der Waals surface area contributed by atoms with Gasteiger partial charge in [-0.1, -0.05) is 11.8 Å². The SMILES string of the molecule is OCc1cccc(N(c2[c-]cc(F)cc2)c2ccc(F)cc2)n1.[Ir]. The zero-order valence-electron chi connectivity index (χ0n) is 12.4. The van der Waals surface area contributed by atoms with E-state index in [0.717, 1.165) is 0 Å². The Kier molecular flexibility index (Phi) is 6.15. The van der Waals surface area contributed by atoms with E-state index in [2.05, 4.69) is 11.1 Å². The summed E-state index contributed by atoms with van der Waals surface area (Å²) in [6.45, 7) is -0.196. The van der Waals surface area contributed by atoms with E-state index in [1.54, 1.807) is 41.3 Å². The van der Waals surface area contributed by atoms with Crippen molar-refractivity contribution in [2.24, 2.45) is 0 Å². The van der Waals surface area contributed by atoms with E-state index in [9.17, 15) is 13.9 Å². The normalized spacial score (nSPS) is 10.1. The van der Waals surface area contributed by atoms with Crippen LogP contribution in [0, 0.1) is 17.7 Å². The molecule has 3 nitrogen and oxygen atoms in total. The molecule has 125 valence electrons. The summed E-state index contributed by atoms with van der Waals surface area (Å²) in [4.78, 5) is 6.06. The number of aliphatic hydroxyl groups is 1. The maximum Gasteiger partial charge on any atom is 0.136 e. The van der Waals surface area contributed by atoms with Crippen molar-refractivity contribution in [3.63, 3.8) is 0 Å². The van der Waals surface area contributed by atoms with Crippen LogP contribution in [0.3, 0.4) is 0 Å². The molecule has 0 bridgehead atoms. The van der Waals surface area contributed by atoms with Crippen molar-refractivity contribution in [3.05, 3.63) is 84.1 Å². The summed E-state index contributed by atoms with van der Waals surface area (Å²) in [5.41, 5.74) is 1.70. The van der Waals surface area contributed by atoms with Gasteiger partial charge in [0.25, 0.3) is 0 Å². The fraction of sp³-hybridized carbons (Fsp3) is 0.0556. The van der Waals surface area contributed by atoms with Crippen molar-refractivity contribution < 1.29 is 34.0 Å². The fourth-order valence-electron chi connectivity index (χ4n) is 2.20. The van der Waals surface area contributed by atoms with E-state index in [1.165, 1.54) is 24.3 Å². The fourth-order valence-corrected chi connectivity index (χ4v) is 2.20. The number of hydrogen-bond acceptors (Lipinski definition) is 3. The van der Waals surface area contributed by atoms with E-state index < -0.39 is 5.82 Å². The molecule has 24 heavy (non-hydrogen) atoms. The second-order valence-electron chi connectivity index (χ2n) is 4.85. The molecule has 1 heterocycles. The van der Waals surface area contributed by atoms with Gasteiger partial charge in [0, 0.05) is 31.6 Å². The van der Waals surface area contributed by atoms with Crippen molar-refractivity contribution in [2.75, 3.05) is 4.90 Å².